The first kappa shape index (κ1) is 16.3. The summed E-state index contributed by atoms with van der Waals surface area (Å²) in [4.78, 5) is 19.0. The Morgan fingerprint density at radius 1 is 1.12 bits per heavy atom. The van der Waals surface area contributed by atoms with Crippen LogP contribution >= 0.6 is 0 Å². The topological polar surface area (TPSA) is 54.5 Å². The Morgan fingerprint density at radius 3 is 2.62 bits per heavy atom. The second kappa shape index (κ2) is 7.81. The minimum atomic E-state index is -0.226. The Morgan fingerprint density at radius 2 is 1.88 bits per heavy atom. The van der Waals surface area contributed by atoms with Crippen LogP contribution in [0.1, 0.15) is 36.2 Å². The predicted octanol–water partition coefficient (Wildman–Crippen LogP) is 3.72. The third kappa shape index (κ3) is 3.85. The van der Waals surface area contributed by atoms with Gasteiger partial charge < -0.3 is 15.0 Å². The lowest BCUT2D eigenvalue weighted by atomic mass is 10.2. The number of hydrogen-bond acceptors (Lipinski definition) is 4. The lowest BCUT2D eigenvalue weighted by Crippen LogP contribution is -2.25. The van der Waals surface area contributed by atoms with Gasteiger partial charge in [-0.05, 0) is 31.0 Å². The fourth-order valence-corrected chi connectivity index (χ4v) is 3.02. The largest absolute Gasteiger partial charge is 0.497 e. The fourth-order valence-electron chi connectivity index (χ4n) is 3.02. The highest BCUT2D eigenvalue weighted by Crippen LogP contribution is 2.28. The molecule has 1 saturated heterocycles. The molecule has 0 aliphatic carbocycles. The van der Waals surface area contributed by atoms with E-state index in [-0.39, 0.29) is 5.91 Å². The molecule has 0 spiro atoms. The van der Waals surface area contributed by atoms with Gasteiger partial charge in [0.2, 0.25) is 0 Å². The molecule has 1 amide bonds. The number of carbonyl (C=O) groups is 1. The van der Waals surface area contributed by atoms with E-state index in [1.807, 2.05) is 18.2 Å². The Hall–Kier alpha value is -2.56. The molecular formula is C19H23N3O2. The Bertz CT molecular complexity index is 695. The van der Waals surface area contributed by atoms with E-state index >= 15 is 0 Å². The Balaban J connectivity index is 1.80. The van der Waals surface area contributed by atoms with Crippen molar-refractivity contribution in [1.29, 1.82) is 0 Å². The molecule has 1 aliphatic rings. The van der Waals surface area contributed by atoms with E-state index in [4.69, 9.17) is 4.74 Å². The zero-order valence-corrected chi connectivity index (χ0v) is 14.0. The maximum Gasteiger partial charge on any atom is 0.274 e. The van der Waals surface area contributed by atoms with Crippen molar-refractivity contribution in [2.75, 3.05) is 30.4 Å². The van der Waals surface area contributed by atoms with Crippen LogP contribution in [0.4, 0.5) is 11.4 Å². The molecule has 1 aliphatic heterocycles. The standard InChI is InChI=1S/C19H23N3O2/c1-24-15-10-11-20-17(14-15)19(23)21-16-8-4-5-9-18(16)22-12-6-2-3-7-13-22/h4-5,8-11,14H,2-3,6-7,12-13H2,1H3,(H,21,23). The molecule has 1 aromatic heterocycles. The van der Waals surface area contributed by atoms with Crippen LogP contribution in [0.25, 0.3) is 0 Å². The maximum atomic E-state index is 12.5. The van der Waals surface area contributed by atoms with Gasteiger partial charge in [-0.25, -0.2) is 0 Å². The molecule has 24 heavy (non-hydrogen) atoms. The average molecular weight is 325 g/mol. The third-order valence-corrected chi connectivity index (χ3v) is 4.30. The van der Waals surface area contributed by atoms with Crippen molar-refractivity contribution in [3.05, 3.63) is 48.3 Å². The molecule has 0 unspecified atom stereocenters. The van der Waals surface area contributed by atoms with Crippen LogP contribution in [0, 0.1) is 0 Å². The Labute approximate surface area is 142 Å². The highest BCUT2D eigenvalue weighted by atomic mass is 16.5. The quantitative estimate of drug-likeness (QED) is 0.931. The van der Waals surface area contributed by atoms with Gasteiger partial charge in [-0.2, -0.15) is 0 Å². The molecule has 2 heterocycles. The maximum absolute atomic E-state index is 12.5. The van der Waals surface area contributed by atoms with Crippen LogP contribution in [-0.4, -0.2) is 31.1 Å². The van der Waals surface area contributed by atoms with Crippen LogP contribution in [0.2, 0.25) is 0 Å². The number of benzene rings is 1. The highest BCUT2D eigenvalue weighted by Gasteiger charge is 2.16. The predicted molar refractivity (Wildman–Crippen MR) is 95.9 cm³/mol. The number of aromatic nitrogens is 1. The van der Waals surface area contributed by atoms with Crippen LogP contribution in [0.3, 0.4) is 0 Å². The number of rotatable bonds is 4. The van der Waals surface area contributed by atoms with E-state index in [1.165, 1.54) is 25.7 Å². The molecule has 0 bridgehead atoms. The zero-order chi connectivity index (χ0) is 16.8. The van der Waals surface area contributed by atoms with Crippen molar-refractivity contribution in [3.63, 3.8) is 0 Å². The van der Waals surface area contributed by atoms with Gasteiger partial charge in [0, 0.05) is 25.4 Å². The number of hydrogen-bond donors (Lipinski definition) is 1. The Kier molecular flexibility index (Phi) is 5.31. The number of anilines is 2. The summed E-state index contributed by atoms with van der Waals surface area (Å²) >= 11 is 0. The van der Waals surface area contributed by atoms with Crippen LogP contribution < -0.4 is 15.0 Å². The van der Waals surface area contributed by atoms with E-state index < -0.39 is 0 Å². The van der Waals surface area contributed by atoms with Gasteiger partial charge in [0.15, 0.2) is 0 Å². The lowest BCUT2D eigenvalue weighted by molar-refractivity contribution is 0.102. The summed E-state index contributed by atoms with van der Waals surface area (Å²) in [5.41, 5.74) is 2.25. The summed E-state index contributed by atoms with van der Waals surface area (Å²) < 4.78 is 5.16. The molecular weight excluding hydrogens is 302 g/mol. The smallest absolute Gasteiger partial charge is 0.274 e. The van der Waals surface area contributed by atoms with Gasteiger partial charge in [0.1, 0.15) is 11.4 Å². The summed E-state index contributed by atoms with van der Waals surface area (Å²) in [7, 11) is 1.58. The van der Waals surface area contributed by atoms with Crippen LogP contribution in [0.5, 0.6) is 5.75 Å². The summed E-state index contributed by atoms with van der Waals surface area (Å²) in [5.74, 6) is 0.395. The fraction of sp³-hybridized carbons (Fsp3) is 0.368. The number of nitrogens with zero attached hydrogens (tertiary/aromatic N) is 2. The second-order valence-corrected chi connectivity index (χ2v) is 5.95. The highest BCUT2D eigenvalue weighted by molar-refractivity contribution is 6.04. The number of ether oxygens (including phenoxy) is 1. The molecule has 1 aromatic carbocycles. The minimum absolute atomic E-state index is 0.226. The van der Waals surface area contributed by atoms with Gasteiger partial charge in [-0.3, -0.25) is 9.78 Å². The zero-order valence-electron chi connectivity index (χ0n) is 14.0. The van der Waals surface area contributed by atoms with Crippen LogP contribution in [-0.2, 0) is 0 Å². The summed E-state index contributed by atoms with van der Waals surface area (Å²) in [6.45, 7) is 2.06. The van der Waals surface area contributed by atoms with Gasteiger partial charge in [-0.1, -0.05) is 25.0 Å². The second-order valence-electron chi connectivity index (χ2n) is 5.95. The van der Waals surface area contributed by atoms with Crippen molar-refractivity contribution in [3.8, 4) is 5.75 Å². The summed E-state index contributed by atoms with van der Waals surface area (Å²) in [6, 6.07) is 11.3. The summed E-state index contributed by atoms with van der Waals surface area (Å²) in [5, 5.41) is 3.00. The third-order valence-electron chi connectivity index (χ3n) is 4.30. The van der Waals surface area contributed by atoms with Gasteiger partial charge in [0.25, 0.3) is 5.91 Å². The molecule has 0 saturated carbocycles. The van der Waals surface area contributed by atoms with E-state index in [0.717, 1.165) is 24.5 Å². The first-order valence-corrected chi connectivity index (χ1v) is 8.43. The minimum Gasteiger partial charge on any atom is -0.497 e. The van der Waals surface area contributed by atoms with Crippen molar-refractivity contribution < 1.29 is 9.53 Å². The number of methoxy groups -OCH3 is 1. The van der Waals surface area contributed by atoms with E-state index in [2.05, 4.69) is 21.3 Å². The van der Waals surface area contributed by atoms with Crippen molar-refractivity contribution in [1.82, 2.24) is 4.98 Å². The molecule has 0 atom stereocenters. The molecule has 3 rings (SSSR count). The molecule has 5 nitrogen and oxygen atoms in total. The lowest BCUT2D eigenvalue weighted by Gasteiger charge is -2.25. The normalized spacial score (nSPS) is 14.8. The number of carbonyl (C=O) groups excluding carboxylic acids is 1. The van der Waals surface area contributed by atoms with Gasteiger partial charge >= 0.3 is 0 Å². The molecule has 1 fully saturated rings. The summed E-state index contributed by atoms with van der Waals surface area (Å²) in [6.07, 6.45) is 6.52. The number of nitrogens with one attached hydrogen (secondary N) is 1. The molecule has 1 N–H and O–H groups in total. The first-order chi connectivity index (χ1) is 11.8. The number of para-hydroxylation sites is 2. The van der Waals surface area contributed by atoms with E-state index in [0.29, 0.717) is 11.4 Å². The van der Waals surface area contributed by atoms with E-state index in [9.17, 15) is 4.79 Å². The first-order valence-electron chi connectivity index (χ1n) is 8.43. The van der Waals surface area contributed by atoms with Crippen molar-refractivity contribution in [2.24, 2.45) is 0 Å². The monoisotopic (exact) mass is 325 g/mol. The molecule has 126 valence electrons. The average Bonchev–Trinajstić information content (AvgIpc) is 2.91. The van der Waals surface area contributed by atoms with E-state index in [1.54, 1.807) is 25.4 Å². The molecule has 2 aromatic rings. The molecule has 0 radical (unpaired) electrons. The van der Waals surface area contributed by atoms with Crippen molar-refractivity contribution in [2.45, 2.75) is 25.7 Å². The number of amides is 1. The van der Waals surface area contributed by atoms with Gasteiger partial charge in [-0.15, -0.1) is 0 Å². The van der Waals surface area contributed by atoms with Crippen LogP contribution in [0.15, 0.2) is 42.6 Å². The number of pyridine rings is 1. The van der Waals surface area contributed by atoms with Crippen molar-refractivity contribution >= 4 is 17.3 Å². The molecule has 5 heteroatoms. The SMILES string of the molecule is COc1ccnc(C(=O)Nc2ccccc2N2CCCCCC2)c1. The van der Waals surface area contributed by atoms with Gasteiger partial charge in [0.05, 0.1) is 18.5 Å².